The van der Waals surface area contributed by atoms with Crippen LogP contribution in [-0.2, 0) is 11.3 Å². The van der Waals surface area contributed by atoms with Gasteiger partial charge in [-0.25, -0.2) is 0 Å². The first-order valence-electron chi connectivity index (χ1n) is 8.44. The second-order valence-corrected chi connectivity index (χ2v) is 7.58. The summed E-state index contributed by atoms with van der Waals surface area (Å²) in [6, 6.07) is 12.7. The van der Waals surface area contributed by atoms with Gasteiger partial charge in [-0.1, -0.05) is 15.9 Å². The summed E-state index contributed by atoms with van der Waals surface area (Å²) in [5.74, 6) is 0.892. The average Bonchev–Trinajstić information content (AvgIpc) is 2.63. The number of rotatable bonds is 6. The molecule has 0 unspecified atom stereocenters. The molecule has 0 aromatic heterocycles. The van der Waals surface area contributed by atoms with Crippen molar-refractivity contribution < 1.29 is 9.47 Å². The molecule has 1 fully saturated rings. The molecule has 0 bridgehead atoms. The van der Waals surface area contributed by atoms with Crippen molar-refractivity contribution in [2.24, 2.45) is 0 Å². The van der Waals surface area contributed by atoms with Crippen LogP contribution in [0.25, 0.3) is 0 Å². The van der Waals surface area contributed by atoms with Gasteiger partial charge in [0.05, 0.1) is 24.3 Å². The third-order valence-corrected chi connectivity index (χ3v) is 5.15. The molecule has 1 saturated heterocycles. The predicted molar refractivity (Wildman–Crippen MR) is 110 cm³/mol. The quantitative estimate of drug-likeness (QED) is 0.641. The Labute approximate surface area is 165 Å². The first-order valence-corrected chi connectivity index (χ1v) is 10.0. The Bertz CT molecular complexity index is 701. The van der Waals surface area contributed by atoms with Crippen molar-refractivity contribution in [3.8, 4) is 5.75 Å². The molecule has 0 spiro atoms. The molecule has 25 heavy (non-hydrogen) atoms. The maximum Gasteiger partial charge on any atom is 0.138 e. The fraction of sp³-hybridized carbons (Fsp3) is 0.368. The van der Waals surface area contributed by atoms with E-state index >= 15 is 0 Å². The highest BCUT2D eigenvalue weighted by Gasteiger charge is 2.12. The lowest BCUT2D eigenvalue weighted by Gasteiger charge is -2.29. The number of hydrogen-bond donors (Lipinski definition) is 1. The summed E-state index contributed by atoms with van der Waals surface area (Å²) in [5.41, 5.74) is 3.45. The Morgan fingerprint density at radius 1 is 1.12 bits per heavy atom. The van der Waals surface area contributed by atoms with Gasteiger partial charge < -0.3 is 19.7 Å². The zero-order valence-electron chi connectivity index (χ0n) is 14.2. The maximum absolute atomic E-state index is 5.78. The third kappa shape index (κ3) is 4.90. The van der Waals surface area contributed by atoms with Gasteiger partial charge in [-0.05, 0) is 59.3 Å². The molecule has 0 atom stereocenters. The maximum atomic E-state index is 5.78. The van der Waals surface area contributed by atoms with E-state index in [2.05, 4.69) is 72.4 Å². The lowest BCUT2D eigenvalue weighted by atomic mass is 10.2. The van der Waals surface area contributed by atoms with Crippen LogP contribution < -0.4 is 15.0 Å². The minimum atomic E-state index is 0.640. The van der Waals surface area contributed by atoms with Crippen molar-refractivity contribution in [2.45, 2.75) is 13.5 Å². The molecule has 3 rings (SSSR count). The van der Waals surface area contributed by atoms with E-state index in [4.69, 9.17) is 9.47 Å². The average molecular weight is 470 g/mol. The van der Waals surface area contributed by atoms with Crippen LogP contribution in [-0.4, -0.2) is 32.9 Å². The van der Waals surface area contributed by atoms with Crippen molar-refractivity contribution in [3.05, 3.63) is 50.9 Å². The Balaban J connectivity index is 1.67. The van der Waals surface area contributed by atoms with Gasteiger partial charge in [0.1, 0.15) is 5.75 Å². The predicted octanol–water partition coefficient (Wildman–Crippen LogP) is 5.06. The highest BCUT2D eigenvalue weighted by Crippen LogP contribution is 2.33. The normalized spacial score (nSPS) is 14.4. The van der Waals surface area contributed by atoms with E-state index in [9.17, 15) is 0 Å². The molecule has 1 N–H and O–H groups in total. The number of benzene rings is 2. The largest absolute Gasteiger partial charge is 0.492 e. The second kappa shape index (κ2) is 8.92. The molecular weight excluding hydrogens is 448 g/mol. The molecule has 0 amide bonds. The SMILES string of the molecule is CCOc1c(Br)cc(Br)cc1CNc1ccc(N2CCOCC2)cc1. The molecule has 1 heterocycles. The molecule has 6 heteroatoms. The molecule has 1 aliphatic rings. The van der Waals surface area contributed by atoms with Gasteiger partial charge in [-0.2, -0.15) is 0 Å². The summed E-state index contributed by atoms with van der Waals surface area (Å²) in [4.78, 5) is 2.35. The van der Waals surface area contributed by atoms with Gasteiger partial charge in [0.2, 0.25) is 0 Å². The van der Waals surface area contributed by atoms with Gasteiger partial charge in [0.25, 0.3) is 0 Å². The highest BCUT2D eigenvalue weighted by molar-refractivity contribution is 9.11. The second-order valence-electron chi connectivity index (χ2n) is 5.81. The van der Waals surface area contributed by atoms with Crippen LogP contribution in [0.15, 0.2) is 45.3 Å². The molecule has 0 aliphatic carbocycles. The number of nitrogens with one attached hydrogen (secondary N) is 1. The molecule has 4 nitrogen and oxygen atoms in total. The van der Waals surface area contributed by atoms with Crippen LogP contribution in [0.1, 0.15) is 12.5 Å². The van der Waals surface area contributed by atoms with E-state index < -0.39 is 0 Å². The number of anilines is 2. The molecule has 2 aromatic carbocycles. The van der Waals surface area contributed by atoms with Gasteiger partial charge >= 0.3 is 0 Å². The summed E-state index contributed by atoms with van der Waals surface area (Å²) >= 11 is 7.13. The summed E-state index contributed by atoms with van der Waals surface area (Å²) in [5, 5.41) is 3.48. The van der Waals surface area contributed by atoms with Crippen molar-refractivity contribution in [1.29, 1.82) is 0 Å². The van der Waals surface area contributed by atoms with Crippen LogP contribution in [0, 0.1) is 0 Å². The number of ether oxygens (including phenoxy) is 2. The lowest BCUT2D eigenvalue weighted by molar-refractivity contribution is 0.122. The van der Waals surface area contributed by atoms with E-state index in [1.807, 2.05) is 13.0 Å². The van der Waals surface area contributed by atoms with Crippen LogP contribution in [0.2, 0.25) is 0 Å². The molecule has 2 aromatic rings. The number of halogens is 2. The Morgan fingerprint density at radius 2 is 1.84 bits per heavy atom. The summed E-state index contributed by atoms with van der Waals surface area (Å²) in [7, 11) is 0. The zero-order chi connectivity index (χ0) is 17.6. The highest BCUT2D eigenvalue weighted by atomic mass is 79.9. The molecule has 1 aliphatic heterocycles. The fourth-order valence-corrected chi connectivity index (χ4v) is 4.29. The van der Waals surface area contributed by atoms with Gasteiger partial charge in [-0.15, -0.1) is 0 Å². The van der Waals surface area contributed by atoms with Crippen LogP contribution >= 0.6 is 31.9 Å². The number of hydrogen-bond acceptors (Lipinski definition) is 4. The van der Waals surface area contributed by atoms with Crippen molar-refractivity contribution in [3.63, 3.8) is 0 Å². The number of nitrogens with zero attached hydrogens (tertiary/aromatic N) is 1. The van der Waals surface area contributed by atoms with Gasteiger partial charge in [-0.3, -0.25) is 0 Å². The van der Waals surface area contributed by atoms with E-state index in [0.717, 1.165) is 52.2 Å². The number of morpholine rings is 1. The van der Waals surface area contributed by atoms with Crippen molar-refractivity contribution in [2.75, 3.05) is 43.1 Å². The Kier molecular flexibility index (Phi) is 6.62. The van der Waals surface area contributed by atoms with Crippen LogP contribution in [0.3, 0.4) is 0 Å². The van der Waals surface area contributed by atoms with Gasteiger partial charge in [0.15, 0.2) is 0 Å². The first kappa shape index (κ1) is 18.5. The monoisotopic (exact) mass is 468 g/mol. The van der Waals surface area contributed by atoms with Crippen LogP contribution in [0.5, 0.6) is 5.75 Å². The molecule has 0 saturated carbocycles. The smallest absolute Gasteiger partial charge is 0.138 e. The topological polar surface area (TPSA) is 33.7 Å². The summed E-state index contributed by atoms with van der Waals surface area (Å²) in [6.45, 7) is 6.85. The summed E-state index contributed by atoms with van der Waals surface area (Å²) in [6.07, 6.45) is 0. The van der Waals surface area contributed by atoms with E-state index in [0.29, 0.717) is 13.2 Å². The van der Waals surface area contributed by atoms with E-state index in [1.54, 1.807) is 0 Å². The summed E-state index contributed by atoms with van der Waals surface area (Å²) < 4.78 is 13.2. The minimum absolute atomic E-state index is 0.640. The third-order valence-electron chi connectivity index (χ3n) is 4.10. The standard InChI is InChI=1S/C19H22Br2N2O2/c1-2-25-19-14(11-15(20)12-18(19)21)13-22-16-3-5-17(6-4-16)23-7-9-24-10-8-23/h3-6,11-12,22H,2,7-10,13H2,1H3. The fourth-order valence-electron chi connectivity index (χ4n) is 2.86. The van der Waals surface area contributed by atoms with Crippen molar-refractivity contribution >= 4 is 43.2 Å². The minimum Gasteiger partial charge on any atom is -0.492 e. The lowest BCUT2D eigenvalue weighted by Crippen LogP contribution is -2.36. The molecule has 134 valence electrons. The first-order chi connectivity index (χ1) is 12.2. The Hall–Kier alpha value is -1.24. The zero-order valence-corrected chi connectivity index (χ0v) is 17.4. The van der Waals surface area contributed by atoms with Gasteiger partial charge in [0, 0.05) is 41.0 Å². The van der Waals surface area contributed by atoms with E-state index in [1.165, 1.54) is 5.69 Å². The van der Waals surface area contributed by atoms with Crippen LogP contribution in [0.4, 0.5) is 11.4 Å². The Morgan fingerprint density at radius 3 is 2.52 bits per heavy atom. The van der Waals surface area contributed by atoms with Crippen molar-refractivity contribution in [1.82, 2.24) is 0 Å². The van der Waals surface area contributed by atoms with E-state index in [-0.39, 0.29) is 0 Å². The molecular formula is C19H22Br2N2O2. The molecule has 0 radical (unpaired) electrons.